The molecule has 1 fully saturated rings. The average molecular weight is 350 g/mol. The summed E-state index contributed by atoms with van der Waals surface area (Å²) in [5, 5.41) is 11.1. The van der Waals surface area contributed by atoms with Crippen molar-refractivity contribution in [3.63, 3.8) is 0 Å². The molecule has 1 aliphatic rings. The van der Waals surface area contributed by atoms with Crippen molar-refractivity contribution in [1.82, 2.24) is 9.88 Å². The van der Waals surface area contributed by atoms with Gasteiger partial charge in [-0.15, -0.1) is 11.3 Å². The Morgan fingerprint density at radius 2 is 1.96 bits per heavy atom. The first-order chi connectivity index (χ1) is 12.2. The van der Waals surface area contributed by atoms with E-state index in [9.17, 15) is 5.11 Å². The molecule has 128 valence electrons. The third-order valence-electron chi connectivity index (χ3n) is 5.13. The molecule has 3 unspecified atom stereocenters. The van der Waals surface area contributed by atoms with Crippen LogP contribution in [-0.4, -0.2) is 34.6 Å². The van der Waals surface area contributed by atoms with Crippen molar-refractivity contribution >= 4 is 11.3 Å². The Bertz CT molecular complexity index is 818. The number of benzene rings is 1. The first-order valence-corrected chi connectivity index (χ1v) is 9.49. The molecule has 4 heteroatoms. The van der Waals surface area contributed by atoms with Crippen molar-refractivity contribution in [2.45, 2.75) is 24.5 Å². The molecule has 3 heterocycles. The van der Waals surface area contributed by atoms with Crippen molar-refractivity contribution in [2.24, 2.45) is 0 Å². The molecular weight excluding hydrogens is 328 g/mol. The molecule has 3 nitrogen and oxygen atoms in total. The highest BCUT2D eigenvalue weighted by molar-refractivity contribution is 7.15. The predicted molar refractivity (Wildman–Crippen MR) is 103 cm³/mol. The van der Waals surface area contributed by atoms with Gasteiger partial charge in [0.2, 0.25) is 0 Å². The minimum Gasteiger partial charge on any atom is -0.386 e. The highest BCUT2D eigenvalue weighted by Crippen LogP contribution is 2.42. The number of likely N-dealkylation sites (N-methyl/N-ethyl adjacent to an activating group) is 1. The fourth-order valence-corrected chi connectivity index (χ4v) is 4.86. The maximum absolute atomic E-state index is 11.1. The number of aliphatic hydroxyl groups excluding tert-OH is 1. The van der Waals surface area contributed by atoms with Crippen LogP contribution in [0.15, 0.2) is 67.0 Å². The quantitative estimate of drug-likeness (QED) is 0.761. The smallest absolute Gasteiger partial charge is 0.104 e. The molecule has 1 aliphatic heterocycles. The molecule has 0 amide bonds. The molecule has 0 radical (unpaired) electrons. The molecule has 0 aliphatic carbocycles. The first-order valence-electron chi connectivity index (χ1n) is 8.67. The fourth-order valence-electron chi connectivity index (χ4n) is 3.84. The van der Waals surface area contributed by atoms with Crippen molar-refractivity contribution in [1.29, 1.82) is 0 Å². The van der Waals surface area contributed by atoms with E-state index in [1.165, 1.54) is 5.56 Å². The van der Waals surface area contributed by atoms with Gasteiger partial charge in [-0.05, 0) is 43.8 Å². The molecule has 1 aromatic carbocycles. The lowest BCUT2D eigenvalue weighted by molar-refractivity contribution is 0.0807. The summed E-state index contributed by atoms with van der Waals surface area (Å²) in [5.74, 6) is 0.366. The number of nitrogens with zero attached hydrogens (tertiary/aromatic N) is 2. The predicted octanol–water partition coefficient (Wildman–Crippen LogP) is 4.33. The van der Waals surface area contributed by atoms with Crippen LogP contribution in [0.4, 0.5) is 0 Å². The van der Waals surface area contributed by atoms with Gasteiger partial charge in [0.15, 0.2) is 0 Å². The summed E-state index contributed by atoms with van der Waals surface area (Å²) < 4.78 is 0. The summed E-state index contributed by atoms with van der Waals surface area (Å²) in [6, 6.07) is 18.8. The monoisotopic (exact) mass is 350 g/mol. The van der Waals surface area contributed by atoms with Crippen molar-refractivity contribution in [3.8, 4) is 10.4 Å². The average Bonchev–Trinajstić information content (AvgIpc) is 3.30. The first kappa shape index (κ1) is 16.5. The lowest BCUT2D eigenvalue weighted by Gasteiger charge is -2.29. The van der Waals surface area contributed by atoms with Crippen LogP contribution in [0, 0.1) is 0 Å². The van der Waals surface area contributed by atoms with E-state index >= 15 is 0 Å². The fraction of sp³-hybridized carbons (Fsp3) is 0.286. The Labute approximate surface area is 152 Å². The summed E-state index contributed by atoms with van der Waals surface area (Å²) in [7, 11) is 2.12. The van der Waals surface area contributed by atoms with Crippen LogP contribution in [0.3, 0.4) is 0 Å². The Hall–Kier alpha value is -2.01. The molecule has 0 bridgehead atoms. The maximum Gasteiger partial charge on any atom is 0.104 e. The van der Waals surface area contributed by atoms with E-state index in [0.29, 0.717) is 5.92 Å². The van der Waals surface area contributed by atoms with Crippen LogP contribution >= 0.6 is 11.3 Å². The third kappa shape index (κ3) is 3.25. The van der Waals surface area contributed by atoms with Crippen LogP contribution in [-0.2, 0) is 0 Å². The lowest BCUT2D eigenvalue weighted by Crippen LogP contribution is -2.34. The number of hydrogen-bond acceptors (Lipinski definition) is 4. The standard InChI is InChI=1S/C21H22N2OS/c1-23-13-11-17(15-6-3-2-4-7-15)20(23)21(24)19-10-9-18(25-19)16-8-5-12-22-14-16/h2-10,12,14,17,20-21,24H,11,13H2,1H3. The number of pyridine rings is 1. The largest absolute Gasteiger partial charge is 0.386 e. The van der Waals surface area contributed by atoms with E-state index in [-0.39, 0.29) is 6.04 Å². The van der Waals surface area contributed by atoms with E-state index in [0.717, 1.165) is 28.3 Å². The Morgan fingerprint density at radius 1 is 1.12 bits per heavy atom. The molecule has 4 rings (SSSR count). The van der Waals surface area contributed by atoms with Crippen LogP contribution < -0.4 is 0 Å². The normalized spacial score (nSPS) is 22.2. The van der Waals surface area contributed by atoms with E-state index < -0.39 is 6.10 Å². The summed E-state index contributed by atoms with van der Waals surface area (Å²) in [6.45, 7) is 1.02. The third-order valence-corrected chi connectivity index (χ3v) is 6.33. The second-order valence-electron chi connectivity index (χ2n) is 6.67. The van der Waals surface area contributed by atoms with Gasteiger partial charge in [0, 0.05) is 39.7 Å². The van der Waals surface area contributed by atoms with Gasteiger partial charge in [0.05, 0.1) is 0 Å². The van der Waals surface area contributed by atoms with E-state index in [1.807, 2.05) is 18.3 Å². The number of thiophene rings is 1. The van der Waals surface area contributed by atoms with Crippen LogP contribution in [0.25, 0.3) is 10.4 Å². The minimum absolute atomic E-state index is 0.114. The molecule has 25 heavy (non-hydrogen) atoms. The van der Waals surface area contributed by atoms with Gasteiger partial charge in [-0.1, -0.05) is 36.4 Å². The van der Waals surface area contributed by atoms with Gasteiger partial charge in [-0.3, -0.25) is 9.88 Å². The molecule has 2 aromatic heterocycles. The van der Waals surface area contributed by atoms with Gasteiger partial charge < -0.3 is 5.11 Å². The summed E-state index contributed by atoms with van der Waals surface area (Å²) in [5.41, 5.74) is 2.42. The number of hydrogen-bond donors (Lipinski definition) is 1. The number of aliphatic hydroxyl groups is 1. The van der Waals surface area contributed by atoms with E-state index in [4.69, 9.17) is 0 Å². The van der Waals surface area contributed by atoms with Gasteiger partial charge in [0.25, 0.3) is 0 Å². The number of likely N-dealkylation sites (tertiary alicyclic amines) is 1. The van der Waals surface area contributed by atoms with Gasteiger partial charge in [-0.2, -0.15) is 0 Å². The van der Waals surface area contributed by atoms with Gasteiger partial charge in [0.1, 0.15) is 6.10 Å². The van der Waals surface area contributed by atoms with Crippen molar-refractivity contribution in [2.75, 3.05) is 13.6 Å². The Kier molecular flexibility index (Phi) is 4.66. The van der Waals surface area contributed by atoms with Crippen LogP contribution in [0.5, 0.6) is 0 Å². The summed E-state index contributed by atoms with van der Waals surface area (Å²) in [4.78, 5) is 8.67. The van der Waals surface area contributed by atoms with Crippen molar-refractivity contribution in [3.05, 3.63) is 77.4 Å². The zero-order valence-corrected chi connectivity index (χ0v) is 15.1. The maximum atomic E-state index is 11.1. The van der Waals surface area contributed by atoms with Crippen molar-refractivity contribution < 1.29 is 5.11 Å². The summed E-state index contributed by atoms with van der Waals surface area (Å²) >= 11 is 1.66. The summed E-state index contributed by atoms with van der Waals surface area (Å²) in [6.07, 6.45) is 4.26. The SMILES string of the molecule is CN1CCC(c2ccccc2)C1C(O)c1ccc(-c2cccnc2)s1. The molecule has 3 aromatic rings. The molecule has 3 atom stereocenters. The molecular formula is C21H22N2OS. The second kappa shape index (κ2) is 7.08. The molecule has 0 saturated carbocycles. The Morgan fingerprint density at radius 3 is 2.72 bits per heavy atom. The molecule has 1 saturated heterocycles. The minimum atomic E-state index is -0.479. The lowest BCUT2D eigenvalue weighted by atomic mass is 9.88. The van der Waals surface area contributed by atoms with E-state index in [2.05, 4.69) is 59.4 Å². The van der Waals surface area contributed by atoms with Gasteiger partial charge >= 0.3 is 0 Å². The van der Waals surface area contributed by atoms with E-state index in [1.54, 1.807) is 17.5 Å². The molecule has 1 N–H and O–H groups in total. The van der Waals surface area contributed by atoms with Crippen LogP contribution in [0.1, 0.15) is 28.9 Å². The van der Waals surface area contributed by atoms with Crippen LogP contribution in [0.2, 0.25) is 0 Å². The number of rotatable bonds is 4. The van der Waals surface area contributed by atoms with Gasteiger partial charge in [-0.25, -0.2) is 0 Å². The highest BCUT2D eigenvalue weighted by Gasteiger charge is 2.38. The number of aromatic nitrogens is 1. The zero-order chi connectivity index (χ0) is 17.2. The molecule has 0 spiro atoms. The highest BCUT2D eigenvalue weighted by atomic mass is 32.1. The second-order valence-corrected chi connectivity index (χ2v) is 7.78. The Balaban J connectivity index is 1.61. The topological polar surface area (TPSA) is 36.4 Å². The zero-order valence-electron chi connectivity index (χ0n) is 14.2.